The molecule has 1 N–H and O–H groups in total. The largest absolute Gasteiger partial charge is 0.416 e. The Morgan fingerprint density at radius 2 is 2.00 bits per heavy atom. The van der Waals surface area contributed by atoms with Crippen molar-refractivity contribution in [2.75, 3.05) is 5.32 Å². The first-order valence-electron chi connectivity index (χ1n) is 7.38. The van der Waals surface area contributed by atoms with Crippen LogP contribution < -0.4 is 5.32 Å². The monoisotopic (exact) mass is 297 g/mol. The molecule has 1 aromatic carbocycles. The van der Waals surface area contributed by atoms with Crippen molar-refractivity contribution < 1.29 is 18.0 Å². The van der Waals surface area contributed by atoms with Crippen molar-refractivity contribution in [1.29, 1.82) is 0 Å². The number of fused-ring (bicyclic) bond motifs is 1. The van der Waals surface area contributed by atoms with E-state index in [1.165, 1.54) is 6.07 Å². The van der Waals surface area contributed by atoms with Crippen molar-refractivity contribution in [2.45, 2.75) is 44.7 Å². The van der Waals surface area contributed by atoms with Crippen LogP contribution in [0.4, 0.5) is 18.9 Å². The van der Waals surface area contributed by atoms with Crippen molar-refractivity contribution in [3.05, 3.63) is 29.3 Å². The van der Waals surface area contributed by atoms with E-state index in [4.69, 9.17) is 0 Å². The van der Waals surface area contributed by atoms with Crippen LogP contribution in [0.15, 0.2) is 18.2 Å². The zero-order valence-electron chi connectivity index (χ0n) is 11.8. The summed E-state index contributed by atoms with van der Waals surface area (Å²) in [6.45, 7) is 2.14. The Bertz CT molecular complexity index is 567. The van der Waals surface area contributed by atoms with Crippen molar-refractivity contribution in [3.63, 3.8) is 0 Å². The summed E-state index contributed by atoms with van der Waals surface area (Å²) in [6.07, 6.45) is -0.360. The van der Waals surface area contributed by atoms with Crippen LogP contribution in [0.2, 0.25) is 0 Å². The van der Waals surface area contributed by atoms with Gasteiger partial charge in [-0.05, 0) is 48.4 Å². The highest BCUT2D eigenvalue weighted by Gasteiger charge is 2.40. The summed E-state index contributed by atoms with van der Waals surface area (Å²) in [5.74, 6) is 0.110. The molecule has 0 aromatic heterocycles. The number of carbonyl (C=O) groups excluding carboxylic acids is 1. The lowest BCUT2D eigenvalue weighted by atomic mass is 9.73. The molecule has 1 heterocycles. The van der Waals surface area contributed by atoms with Crippen LogP contribution >= 0.6 is 0 Å². The number of hydrogen-bond acceptors (Lipinski definition) is 1. The van der Waals surface area contributed by atoms with E-state index >= 15 is 0 Å². The van der Waals surface area contributed by atoms with Crippen molar-refractivity contribution >= 4 is 11.6 Å². The first-order valence-corrected chi connectivity index (χ1v) is 7.38. The molecule has 2 nitrogen and oxygen atoms in total. The lowest BCUT2D eigenvalue weighted by Crippen LogP contribution is -2.25. The van der Waals surface area contributed by atoms with E-state index in [0.29, 0.717) is 17.2 Å². The molecule has 1 amide bonds. The maximum atomic E-state index is 12.9. The second-order valence-electron chi connectivity index (χ2n) is 6.30. The summed E-state index contributed by atoms with van der Waals surface area (Å²) in [6, 6.07) is 3.56. The lowest BCUT2D eigenvalue weighted by Gasteiger charge is -2.30. The van der Waals surface area contributed by atoms with Crippen LogP contribution in [0, 0.1) is 11.8 Å². The zero-order valence-corrected chi connectivity index (χ0v) is 11.8. The van der Waals surface area contributed by atoms with E-state index in [1.54, 1.807) is 0 Å². The smallest absolute Gasteiger partial charge is 0.325 e. The van der Waals surface area contributed by atoms with Crippen LogP contribution in [-0.4, -0.2) is 5.91 Å². The second-order valence-corrected chi connectivity index (χ2v) is 6.30. The number of halogens is 3. The van der Waals surface area contributed by atoms with Gasteiger partial charge < -0.3 is 5.32 Å². The Labute approximate surface area is 121 Å². The number of benzene rings is 1. The molecular formula is C16H18F3NO. The van der Waals surface area contributed by atoms with Gasteiger partial charge in [-0.2, -0.15) is 13.2 Å². The third-order valence-corrected chi connectivity index (χ3v) is 4.70. The molecule has 1 aliphatic heterocycles. The maximum Gasteiger partial charge on any atom is 0.416 e. The Morgan fingerprint density at radius 3 is 2.67 bits per heavy atom. The minimum Gasteiger partial charge on any atom is -0.325 e. The first-order chi connectivity index (χ1) is 9.86. The average molecular weight is 297 g/mol. The fourth-order valence-corrected chi connectivity index (χ4v) is 3.71. The fourth-order valence-electron chi connectivity index (χ4n) is 3.71. The zero-order chi connectivity index (χ0) is 15.2. The molecule has 3 rings (SSSR count). The average Bonchev–Trinajstić information content (AvgIpc) is 2.72. The second kappa shape index (κ2) is 5.04. The number of anilines is 1. The van der Waals surface area contributed by atoms with Gasteiger partial charge in [-0.15, -0.1) is 0 Å². The summed E-state index contributed by atoms with van der Waals surface area (Å²) >= 11 is 0. The van der Waals surface area contributed by atoms with Gasteiger partial charge in [0.15, 0.2) is 0 Å². The van der Waals surface area contributed by atoms with Crippen LogP contribution in [0.5, 0.6) is 0 Å². The minimum absolute atomic E-state index is 0.150. The highest BCUT2D eigenvalue weighted by molar-refractivity contribution is 6.03. The molecule has 2 aliphatic rings. The number of hydrogen-bond donors (Lipinski definition) is 1. The number of carbonyl (C=O) groups is 1. The van der Waals surface area contributed by atoms with E-state index in [9.17, 15) is 18.0 Å². The summed E-state index contributed by atoms with van der Waals surface area (Å²) in [7, 11) is 0. The summed E-state index contributed by atoms with van der Waals surface area (Å²) in [4.78, 5) is 12.2. The van der Waals surface area contributed by atoms with E-state index in [-0.39, 0.29) is 11.8 Å². The quantitative estimate of drug-likeness (QED) is 0.808. The minimum atomic E-state index is -4.37. The molecule has 0 bridgehead atoms. The predicted octanol–water partition coefficient (Wildman–Crippen LogP) is 4.57. The summed E-state index contributed by atoms with van der Waals surface area (Å²) in [5, 5.41) is 2.73. The molecule has 1 aromatic rings. The van der Waals surface area contributed by atoms with Crippen LogP contribution in [-0.2, 0) is 11.0 Å². The Morgan fingerprint density at radius 1 is 1.24 bits per heavy atom. The first kappa shape index (κ1) is 14.4. The van der Waals surface area contributed by atoms with Gasteiger partial charge in [0, 0.05) is 5.69 Å². The van der Waals surface area contributed by atoms with E-state index in [1.807, 2.05) is 0 Å². The van der Waals surface area contributed by atoms with Gasteiger partial charge >= 0.3 is 6.18 Å². The highest BCUT2D eigenvalue weighted by Crippen LogP contribution is 2.46. The van der Waals surface area contributed by atoms with Gasteiger partial charge in [-0.1, -0.05) is 19.8 Å². The van der Waals surface area contributed by atoms with Gasteiger partial charge in [0.05, 0.1) is 11.5 Å². The maximum absolute atomic E-state index is 12.9. The van der Waals surface area contributed by atoms with Gasteiger partial charge in [-0.25, -0.2) is 0 Å². The number of alkyl halides is 3. The molecule has 1 aliphatic carbocycles. The standard InChI is InChI=1S/C16H18F3NO/c1-9-3-2-4-10(7-9)14-12-8-11(16(17,18)19)5-6-13(12)20-15(14)21/h5-6,8-10,14H,2-4,7H2,1H3,(H,20,21). The number of rotatable bonds is 1. The SMILES string of the molecule is CC1CCCC(C2C(=O)Nc3ccc(C(F)(F)F)cc32)C1. The normalized spacial score (nSPS) is 29.1. The molecule has 5 heteroatoms. The summed E-state index contributed by atoms with van der Waals surface area (Å²) in [5.41, 5.74) is 0.386. The molecule has 21 heavy (non-hydrogen) atoms. The van der Waals surface area contributed by atoms with Gasteiger partial charge in [0.2, 0.25) is 5.91 Å². The third kappa shape index (κ3) is 2.65. The van der Waals surface area contributed by atoms with E-state index < -0.39 is 17.7 Å². The van der Waals surface area contributed by atoms with Crippen LogP contribution in [0.25, 0.3) is 0 Å². The van der Waals surface area contributed by atoms with E-state index in [2.05, 4.69) is 12.2 Å². The molecular weight excluding hydrogens is 279 g/mol. The van der Waals surface area contributed by atoms with Gasteiger partial charge in [-0.3, -0.25) is 4.79 Å². The van der Waals surface area contributed by atoms with Crippen molar-refractivity contribution in [1.82, 2.24) is 0 Å². The molecule has 0 radical (unpaired) electrons. The van der Waals surface area contributed by atoms with Gasteiger partial charge in [0.25, 0.3) is 0 Å². The molecule has 1 fully saturated rings. The molecule has 114 valence electrons. The van der Waals surface area contributed by atoms with E-state index in [0.717, 1.165) is 37.8 Å². The molecule has 0 spiro atoms. The molecule has 1 saturated carbocycles. The predicted molar refractivity (Wildman–Crippen MR) is 73.9 cm³/mol. The molecule has 0 saturated heterocycles. The number of nitrogens with one attached hydrogen (secondary N) is 1. The van der Waals surface area contributed by atoms with Crippen LogP contribution in [0.3, 0.4) is 0 Å². The van der Waals surface area contributed by atoms with Gasteiger partial charge in [0.1, 0.15) is 0 Å². The van der Waals surface area contributed by atoms with Crippen molar-refractivity contribution in [3.8, 4) is 0 Å². The Hall–Kier alpha value is -1.52. The number of amides is 1. The molecule has 3 atom stereocenters. The topological polar surface area (TPSA) is 29.1 Å². The fraction of sp³-hybridized carbons (Fsp3) is 0.562. The highest BCUT2D eigenvalue weighted by atomic mass is 19.4. The van der Waals surface area contributed by atoms with Crippen LogP contribution in [0.1, 0.15) is 49.7 Å². The Kier molecular flexibility index (Phi) is 3.46. The molecule has 3 unspecified atom stereocenters. The van der Waals surface area contributed by atoms with Crippen molar-refractivity contribution in [2.24, 2.45) is 11.8 Å². The lowest BCUT2D eigenvalue weighted by molar-refractivity contribution is -0.137. The third-order valence-electron chi connectivity index (χ3n) is 4.70. The summed E-state index contributed by atoms with van der Waals surface area (Å²) < 4.78 is 38.6. The Balaban J connectivity index is 1.96.